The maximum absolute atomic E-state index is 12.0. The Morgan fingerprint density at radius 1 is 1.21 bits per heavy atom. The van der Waals surface area contributed by atoms with Crippen LogP contribution in [-0.4, -0.2) is 24.9 Å². The summed E-state index contributed by atoms with van der Waals surface area (Å²) < 4.78 is 0.872. The number of rotatable bonds is 5. The van der Waals surface area contributed by atoms with Gasteiger partial charge in [0.2, 0.25) is 5.91 Å². The van der Waals surface area contributed by atoms with E-state index in [0.29, 0.717) is 18.7 Å². The van der Waals surface area contributed by atoms with Crippen LogP contribution in [0, 0.1) is 12.8 Å². The molecule has 0 atom stereocenters. The lowest BCUT2D eigenvalue weighted by Crippen LogP contribution is -2.36. The van der Waals surface area contributed by atoms with Gasteiger partial charge < -0.3 is 10.6 Å². The number of aryl methyl sites for hydroxylation is 1. The number of halogens is 1. The normalized spacial score (nSPS) is 10.4. The summed E-state index contributed by atoms with van der Waals surface area (Å²) in [6.45, 7) is 6.42. The van der Waals surface area contributed by atoms with Gasteiger partial charge in [0.15, 0.2) is 0 Å². The van der Waals surface area contributed by atoms with Crippen molar-refractivity contribution < 1.29 is 9.59 Å². The van der Waals surface area contributed by atoms with E-state index in [1.54, 1.807) is 6.07 Å². The second kappa shape index (κ2) is 7.28. The van der Waals surface area contributed by atoms with Gasteiger partial charge in [0.25, 0.3) is 5.91 Å². The molecule has 0 saturated carbocycles. The van der Waals surface area contributed by atoms with Crippen molar-refractivity contribution in [2.75, 3.05) is 13.1 Å². The van der Waals surface area contributed by atoms with Crippen LogP contribution in [0.2, 0.25) is 0 Å². The summed E-state index contributed by atoms with van der Waals surface area (Å²) in [4.78, 5) is 23.3. The van der Waals surface area contributed by atoms with Crippen LogP contribution in [-0.2, 0) is 4.79 Å². The molecule has 104 valence electrons. The zero-order valence-electron chi connectivity index (χ0n) is 11.4. The Morgan fingerprint density at radius 2 is 1.84 bits per heavy atom. The Balaban J connectivity index is 2.44. The second-order valence-electron chi connectivity index (χ2n) is 4.66. The van der Waals surface area contributed by atoms with E-state index >= 15 is 0 Å². The predicted molar refractivity (Wildman–Crippen MR) is 79.1 cm³/mol. The molecule has 1 aromatic carbocycles. The van der Waals surface area contributed by atoms with Crippen molar-refractivity contribution in [3.05, 3.63) is 33.8 Å². The summed E-state index contributed by atoms with van der Waals surface area (Å²) in [5.74, 6) is -0.173. The monoisotopic (exact) mass is 326 g/mol. The molecule has 0 radical (unpaired) electrons. The lowest BCUT2D eigenvalue weighted by molar-refractivity contribution is -0.123. The SMILES string of the molecule is Cc1ccc(Br)cc1C(=O)NCCNC(=O)C(C)C. The van der Waals surface area contributed by atoms with E-state index in [1.807, 2.05) is 32.9 Å². The van der Waals surface area contributed by atoms with Crippen molar-refractivity contribution in [2.24, 2.45) is 5.92 Å². The van der Waals surface area contributed by atoms with E-state index in [1.165, 1.54) is 0 Å². The molecular formula is C14H19BrN2O2. The van der Waals surface area contributed by atoms with Crippen molar-refractivity contribution in [3.8, 4) is 0 Å². The van der Waals surface area contributed by atoms with Crippen LogP contribution in [0.3, 0.4) is 0 Å². The first-order chi connectivity index (χ1) is 8.91. The minimum atomic E-state index is -0.127. The zero-order chi connectivity index (χ0) is 14.4. The van der Waals surface area contributed by atoms with Crippen LogP contribution in [0.15, 0.2) is 22.7 Å². The molecule has 4 nitrogen and oxygen atoms in total. The van der Waals surface area contributed by atoms with E-state index in [4.69, 9.17) is 0 Å². The summed E-state index contributed by atoms with van der Waals surface area (Å²) in [6.07, 6.45) is 0. The molecule has 0 aliphatic heterocycles. The fourth-order valence-corrected chi connectivity index (χ4v) is 1.86. The number of carbonyl (C=O) groups excluding carboxylic acids is 2. The minimum Gasteiger partial charge on any atom is -0.354 e. The van der Waals surface area contributed by atoms with Crippen molar-refractivity contribution in [1.29, 1.82) is 0 Å². The molecule has 0 aromatic heterocycles. The third kappa shape index (κ3) is 5.03. The molecule has 2 amide bonds. The van der Waals surface area contributed by atoms with Crippen LogP contribution < -0.4 is 10.6 Å². The minimum absolute atomic E-state index is 0.00659. The van der Waals surface area contributed by atoms with E-state index in [2.05, 4.69) is 26.6 Å². The fourth-order valence-electron chi connectivity index (χ4n) is 1.50. The molecule has 2 N–H and O–H groups in total. The number of amides is 2. The van der Waals surface area contributed by atoms with Gasteiger partial charge in [-0.25, -0.2) is 0 Å². The molecule has 19 heavy (non-hydrogen) atoms. The highest BCUT2D eigenvalue weighted by Crippen LogP contribution is 2.15. The largest absolute Gasteiger partial charge is 0.354 e. The molecule has 1 rings (SSSR count). The Bertz CT molecular complexity index is 473. The summed E-state index contributed by atoms with van der Waals surface area (Å²) in [7, 11) is 0. The van der Waals surface area contributed by atoms with Gasteiger partial charge in [0, 0.05) is 29.0 Å². The molecule has 0 saturated heterocycles. The standard InChI is InChI=1S/C14H19BrN2O2/c1-9(2)13(18)16-6-7-17-14(19)12-8-11(15)5-4-10(12)3/h4-5,8-9H,6-7H2,1-3H3,(H,16,18)(H,17,19). The summed E-state index contributed by atoms with van der Waals surface area (Å²) >= 11 is 3.34. The number of carbonyl (C=O) groups is 2. The van der Waals surface area contributed by atoms with Gasteiger partial charge in [-0.1, -0.05) is 35.8 Å². The Labute approximate surface area is 122 Å². The summed E-state index contributed by atoms with van der Waals surface area (Å²) in [5.41, 5.74) is 1.57. The number of hydrogen-bond donors (Lipinski definition) is 2. The van der Waals surface area contributed by atoms with Crippen molar-refractivity contribution >= 4 is 27.7 Å². The molecule has 0 aliphatic carbocycles. The topological polar surface area (TPSA) is 58.2 Å². The van der Waals surface area contributed by atoms with E-state index in [0.717, 1.165) is 10.0 Å². The van der Waals surface area contributed by atoms with Gasteiger partial charge in [0.05, 0.1) is 0 Å². The first-order valence-electron chi connectivity index (χ1n) is 6.24. The highest BCUT2D eigenvalue weighted by molar-refractivity contribution is 9.10. The molecule has 1 aromatic rings. The maximum atomic E-state index is 12.0. The Kier molecular flexibility index (Phi) is 6.02. The molecule has 0 bridgehead atoms. The van der Waals surface area contributed by atoms with Gasteiger partial charge in [-0.2, -0.15) is 0 Å². The molecule has 0 spiro atoms. The molecule has 0 fully saturated rings. The van der Waals surface area contributed by atoms with Gasteiger partial charge in [0.1, 0.15) is 0 Å². The Hall–Kier alpha value is -1.36. The average Bonchev–Trinajstić information content (AvgIpc) is 2.36. The predicted octanol–water partition coefficient (Wildman–Crippen LogP) is 2.26. The van der Waals surface area contributed by atoms with Gasteiger partial charge in [-0.05, 0) is 24.6 Å². The van der Waals surface area contributed by atoms with Crippen LogP contribution in [0.4, 0.5) is 0 Å². The number of benzene rings is 1. The number of hydrogen-bond acceptors (Lipinski definition) is 2. The lowest BCUT2D eigenvalue weighted by atomic mass is 10.1. The van der Waals surface area contributed by atoms with Gasteiger partial charge in [-0.3, -0.25) is 9.59 Å². The molecule has 0 aliphatic rings. The fraction of sp³-hybridized carbons (Fsp3) is 0.429. The van der Waals surface area contributed by atoms with E-state index < -0.39 is 0 Å². The van der Waals surface area contributed by atoms with Crippen LogP contribution in [0.5, 0.6) is 0 Å². The van der Waals surface area contributed by atoms with Crippen LogP contribution in [0.25, 0.3) is 0 Å². The third-order valence-corrected chi connectivity index (χ3v) is 3.17. The zero-order valence-corrected chi connectivity index (χ0v) is 13.0. The summed E-state index contributed by atoms with van der Waals surface area (Å²) in [5, 5.41) is 5.54. The average molecular weight is 327 g/mol. The van der Waals surface area contributed by atoms with Crippen LogP contribution >= 0.6 is 15.9 Å². The maximum Gasteiger partial charge on any atom is 0.251 e. The highest BCUT2D eigenvalue weighted by atomic mass is 79.9. The molecule has 0 unspecified atom stereocenters. The second-order valence-corrected chi connectivity index (χ2v) is 5.58. The van der Waals surface area contributed by atoms with Crippen molar-refractivity contribution in [1.82, 2.24) is 10.6 Å². The summed E-state index contributed by atoms with van der Waals surface area (Å²) in [6, 6.07) is 5.58. The quantitative estimate of drug-likeness (QED) is 0.815. The van der Waals surface area contributed by atoms with E-state index in [-0.39, 0.29) is 17.7 Å². The highest BCUT2D eigenvalue weighted by Gasteiger charge is 2.09. The first kappa shape index (κ1) is 15.7. The van der Waals surface area contributed by atoms with Crippen molar-refractivity contribution in [3.63, 3.8) is 0 Å². The number of nitrogens with one attached hydrogen (secondary N) is 2. The third-order valence-electron chi connectivity index (χ3n) is 2.68. The van der Waals surface area contributed by atoms with Crippen LogP contribution in [0.1, 0.15) is 29.8 Å². The first-order valence-corrected chi connectivity index (χ1v) is 7.03. The molecule has 0 heterocycles. The van der Waals surface area contributed by atoms with Gasteiger partial charge >= 0.3 is 0 Å². The molecule has 5 heteroatoms. The lowest BCUT2D eigenvalue weighted by Gasteiger charge is -2.10. The van der Waals surface area contributed by atoms with E-state index in [9.17, 15) is 9.59 Å². The molecular weight excluding hydrogens is 308 g/mol. The Morgan fingerprint density at radius 3 is 2.47 bits per heavy atom. The smallest absolute Gasteiger partial charge is 0.251 e. The van der Waals surface area contributed by atoms with Gasteiger partial charge in [-0.15, -0.1) is 0 Å². The van der Waals surface area contributed by atoms with Crippen molar-refractivity contribution in [2.45, 2.75) is 20.8 Å².